The van der Waals surface area contributed by atoms with E-state index in [1.165, 1.54) is 0 Å². The van der Waals surface area contributed by atoms with E-state index < -0.39 is 8.32 Å². The molecule has 0 atom stereocenters. The average Bonchev–Trinajstić information content (AvgIpc) is 2.16. The third-order valence-electron chi connectivity index (χ3n) is 2.02. The summed E-state index contributed by atoms with van der Waals surface area (Å²) < 4.78 is 5.85. The summed E-state index contributed by atoms with van der Waals surface area (Å²) in [5.41, 5.74) is 2.19. The van der Waals surface area contributed by atoms with Crippen LogP contribution in [0.3, 0.4) is 0 Å². The highest BCUT2D eigenvalue weighted by Crippen LogP contribution is 2.20. The Balaban J connectivity index is 2.70. The van der Waals surface area contributed by atoms with Crippen LogP contribution in [0.2, 0.25) is 19.6 Å². The van der Waals surface area contributed by atoms with Gasteiger partial charge < -0.3 is 9.74 Å². The topological polar surface area (TPSA) is 21.3 Å². The fraction of sp³-hybridized carbons (Fsp3) is 0.385. The molecule has 0 amide bonds. The number of hydrogen-bond donors (Lipinski definition) is 1. The normalized spacial score (nSPS) is 11.0. The zero-order valence-corrected chi connectivity index (χ0v) is 11.6. The summed E-state index contributed by atoms with van der Waals surface area (Å²) in [4.78, 5) is 0. The molecule has 1 rings (SSSR count). The van der Waals surface area contributed by atoms with Crippen molar-refractivity contribution in [2.45, 2.75) is 26.6 Å². The number of anilines is 1. The van der Waals surface area contributed by atoms with E-state index in [-0.39, 0.29) is 0 Å². The smallest absolute Gasteiger partial charge is 0.242 e. The molecule has 0 unspecified atom stereocenters. The van der Waals surface area contributed by atoms with Crippen molar-refractivity contribution in [2.24, 2.45) is 0 Å². The fourth-order valence-corrected chi connectivity index (χ4v) is 2.26. The van der Waals surface area contributed by atoms with Crippen LogP contribution in [0.25, 0.3) is 5.76 Å². The van der Waals surface area contributed by atoms with E-state index in [1.807, 2.05) is 12.1 Å². The standard InChI is InChI=1S/C13H21NOSi/c1-6-14-13-9-7-12(8-10-13)11(2)15-16(3,4)5/h7-10,14H,2,6H2,1,3-5H3. The SMILES string of the molecule is C=C(O[Si](C)(C)C)c1ccc(NCC)cc1. The molecular weight excluding hydrogens is 214 g/mol. The van der Waals surface area contributed by atoms with E-state index >= 15 is 0 Å². The second kappa shape index (κ2) is 5.21. The van der Waals surface area contributed by atoms with Gasteiger partial charge in [0.15, 0.2) is 0 Å². The van der Waals surface area contributed by atoms with Gasteiger partial charge in [0.05, 0.1) is 0 Å². The lowest BCUT2D eigenvalue weighted by Gasteiger charge is -2.21. The van der Waals surface area contributed by atoms with Crippen molar-refractivity contribution in [3.63, 3.8) is 0 Å². The molecule has 88 valence electrons. The van der Waals surface area contributed by atoms with Gasteiger partial charge in [-0.05, 0) is 50.8 Å². The zero-order valence-electron chi connectivity index (χ0n) is 10.6. The second-order valence-electron chi connectivity index (χ2n) is 4.75. The second-order valence-corrected chi connectivity index (χ2v) is 9.17. The third kappa shape index (κ3) is 4.11. The van der Waals surface area contributed by atoms with Crippen LogP contribution < -0.4 is 5.32 Å². The Labute approximate surface area is 99.5 Å². The van der Waals surface area contributed by atoms with Crippen LogP contribution in [0.1, 0.15) is 12.5 Å². The molecule has 3 heteroatoms. The Bertz CT molecular complexity index is 351. The van der Waals surface area contributed by atoms with Crippen molar-refractivity contribution in [3.05, 3.63) is 36.4 Å². The van der Waals surface area contributed by atoms with Gasteiger partial charge in [-0.1, -0.05) is 6.58 Å². The van der Waals surface area contributed by atoms with Crippen molar-refractivity contribution < 1.29 is 4.43 Å². The minimum Gasteiger partial charge on any atom is -0.544 e. The van der Waals surface area contributed by atoms with Gasteiger partial charge in [-0.3, -0.25) is 0 Å². The van der Waals surface area contributed by atoms with Gasteiger partial charge in [-0.25, -0.2) is 0 Å². The summed E-state index contributed by atoms with van der Waals surface area (Å²) in [7, 11) is -1.55. The molecule has 0 radical (unpaired) electrons. The minimum absolute atomic E-state index is 0.780. The van der Waals surface area contributed by atoms with Crippen LogP contribution in [0.15, 0.2) is 30.8 Å². The summed E-state index contributed by atoms with van der Waals surface area (Å²) >= 11 is 0. The maximum atomic E-state index is 5.85. The van der Waals surface area contributed by atoms with Crippen LogP contribution in [0.4, 0.5) is 5.69 Å². The molecule has 0 spiro atoms. The molecule has 0 heterocycles. The monoisotopic (exact) mass is 235 g/mol. The molecular formula is C13H21NOSi. The molecule has 1 aromatic carbocycles. The maximum Gasteiger partial charge on any atom is 0.242 e. The van der Waals surface area contributed by atoms with E-state index in [0.29, 0.717) is 0 Å². The van der Waals surface area contributed by atoms with Crippen molar-refractivity contribution in [3.8, 4) is 0 Å². The summed E-state index contributed by atoms with van der Waals surface area (Å²) in [5, 5.41) is 3.26. The van der Waals surface area contributed by atoms with Crippen molar-refractivity contribution >= 4 is 19.8 Å². The lowest BCUT2D eigenvalue weighted by atomic mass is 10.2. The highest BCUT2D eigenvalue weighted by Gasteiger charge is 2.17. The summed E-state index contributed by atoms with van der Waals surface area (Å²) in [5.74, 6) is 0.780. The molecule has 0 aliphatic heterocycles. The number of rotatable bonds is 5. The van der Waals surface area contributed by atoms with E-state index in [9.17, 15) is 0 Å². The lowest BCUT2D eigenvalue weighted by Crippen LogP contribution is -2.24. The molecule has 0 aliphatic carbocycles. The van der Waals surface area contributed by atoms with Crippen LogP contribution in [0, 0.1) is 0 Å². The Hall–Kier alpha value is -1.22. The first-order valence-corrected chi connectivity index (χ1v) is 9.05. The van der Waals surface area contributed by atoms with Crippen LogP contribution in [-0.4, -0.2) is 14.9 Å². The molecule has 16 heavy (non-hydrogen) atoms. The Morgan fingerprint density at radius 2 is 1.81 bits per heavy atom. The largest absolute Gasteiger partial charge is 0.544 e. The minimum atomic E-state index is -1.55. The predicted molar refractivity (Wildman–Crippen MR) is 74.1 cm³/mol. The van der Waals surface area contributed by atoms with Gasteiger partial charge in [0.1, 0.15) is 5.76 Å². The van der Waals surface area contributed by atoms with Crippen LogP contribution >= 0.6 is 0 Å². The van der Waals surface area contributed by atoms with E-state index in [0.717, 1.165) is 23.6 Å². The van der Waals surface area contributed by atoms with E-state index in [4.69, 9.17) is 4.43 Å². The van der Waals surface area contributed by atoms with Crippen molar-refractivity contribution in [1.82, 2.24) is 0 Å². The first-order valence-electron chi connectivity index (χ1n) is 5.64. The van der Waals surface area contributed by atoms with E-state index in [2.05, 4.69) is 50.6 Å². The molecule has 0 saturated carbocycles. The Kier molecular flexibility index (Phi) is 4.18. The molecule has 0 bridgehead atoms. The summed E-state index contributed by atoms with van der Waals surface area (Å²) in [6, 6.07) is 8.19. The van der Waals surface area contributed by atoms with Crippen molar-refractivity contribution in [1.29, 1.82) is 0 Å². The van der Waals surface area contributed by atoms with Crippen molar-refractivity contribution in [2.75, 3.05) is 11.9 Å². The summed E-state index contributed by atoms with van der Waals surface area (Å²) in [6.45, 7) is 13.5. The van der Waals surface area contributed by atoms with E-state index in [1.54, 1.807) is 0 Å². The number of nitrogens with one attached hydrogen (secondary N) is 1. The van der Waals surface area contributed by atoms with Gasteiger partial charge in [0, 0.05) is 17.8 Å². The molecule has 1 N–H and O–H groups in total. The Morgan fingerprint density at radius 1 is 1.25 bits per heavy atom. The van der Waals surface area contributed by atoms with Gasteiger partial charge in [-0.2, -0.15) is 0 Å². The quantitative estimate of drug-likeness (QED) is 0.616. The molecule has 0 fully saturated rings. The van der Waals surface area contributed by atoms with Gasteiger partial charge in [0.25, 0.3) is 0 Å². The fourth-order valence-electron chi connectivity index (χ4n) is 1.41. The highest BCUT2D eigenvalue weighted by molar-refractivity contribution is 6.70. The summed E-state index contributed by atoms with van der Waals surface area (Å²) in [6.07, 6.45) is 0. The first-order chi connectivity index (χ1) is 7.42. The highest BCUT2D eigenvalue weighted by atomic mass is 28.4. The Morgan fingerprint density at radius 3 is 2.25 bits per heavy atom. The number of hydrogen-bond acceptors (Lipinski definition) is 2. The molecule has 0 aliphatic rings. The number of benzene rings is 1. The molecule has 0 aromatic heterocycles. The van der Waals surface area contributed by atoms with Crippen LogP contribution in [0.5, 0.6) is 0 Å². The maximum absolute atomic E-state index is 5.85. The predicted octanol–water partition coefficient (Wildman–Crippen LogP) is 3.94. The molecule has 0 saturated heterocycles. The molecule has 2 nitrogen and oxygen atoms in total. The average molecular weight is 235 g/mol. The first kappa shape index (κ1) is 12.8. The van der Waals surface area contributed by atoms with Gasteiger partial charge >= 0.3 is 0 Å². The lowest BCUT2D eigenvalue weighted by molar-refractivity contribution is 0.516. The zero-order chi connectivity index (χ0) is 12.2. The third-order valence-corrected chi connectivity index (χ3v) is 2.88. The van der Waals surface area contributed by atoms with Crippen LogP contribution in [-0.2, 0) is 4.43 Å². The molecule has 1 aromatic rings. The van der Waals surface area contributed by atoms with Gasteiger partial charge in [0.2, 0.25) is 8.32 Å². The van der Waals surface area contributed by atoms with Gasteiger partial charge in [-0.15, -0.1) is 0 Å².